The molecule has 0 saturated carbocycles. The molecule has 0 heterocycles. The van der Waals surface area contributed by atoms with E-state index in [0.717, 1.165) is 36.8 Å². The molecule has 0 radical (unpaired) electrons. The SMILES string of the molecule is N=CC1=CC=C(C2Cc3c(cc(-c4ccc(C=N)cc4)c4cc(C5C=CC=CC5)ccc34)C3C=CC=CC23)CC1. The quantitative estimate of drug-likeness (QED) is 0.316. The van der Waals surface area contributed by atoms with Crippen molar-refractivity contribution in [2.24, 2.45) is 11.8 Å². The van der Waals surface area contributed by atoms with E-state index >= 15 is 0 Å². The summed E-state index contributed by atoms with van der Waals surface area (Å²) in [6.45, 7) is 0. The molecule has 40 heavy (non-hydrogen) atoms. The summed E-state index contributed by atoms with van der Waals surface area (Å²) in [5.74, 6) is 1.67. The van der Waals surface area contributed by atoms with E-state index in [2.05, 4.69) is 109 Å². The fraction of sp³-hybridized carbons (Fsp3) is 0.211. The summed E-state index contributed by atoms with van der Waals surface area (Å²) in [6, 6.07) is 18.1. The highest BCUT2D eigenvalue weighted by molar-refractivity contribution is 6.00. The Morgan fingerprint density at radius 2 is 1.60 bits per heavy atom. The molecule has 2 N–H and O–H groups in total. The van der Waals surface area contributed by atoms with Crippen LogP contribution in [-0.2, 0) is 6.42 Å². The number of nitrogens with one attached hydrogen (secondary N) is 2. The van der Waals surface area contributed by atoms with Crippen molar-refractivity contribution in [2.75, 3.05) is 0 Å². The van der Waals surface area contributed by atoms with Crippen LogP contribution in [0.25, 0.3) is 21.9 Å². The van der Waals surface area contributed by atoms with E-state index in [4.69, 9.17) is 10.8 Å². The van der Waals surface area contributed by atoms with Crippen molar-refractivity contribution in [3.8, 4) is 11.1 Å². The van der Waals surface area contributed by atoms with Crippen molar-refractivity contribution >= 4 is 23.2 Å². The van der Waals surface area contributed by atoms with Crippen molar-refractivity contribution in [3.63, 3.8) is 0 Å². The second kappa shape index (κ2) is 10.4. The molecule has 0 aromatic heterocycles. The first-order valence-electron chi connectivity index (χ1n) is 14.5. The van der Waals surface area contributed by atoms with Gasteiger partial charge in [-0.25, -0.2) is 0 Å². The summed E-state index contributed by atoms with van der Waals surface area (Å²) in [5.41, 5.74) is 10.4. The van der Waals surface area contributed by atoms with Crippen molar-refractivity contribution in [1.29, 1.82) is 10.8 Å². The predicted molar refractivity (Wildman–Crippen MR) is 169 cm³/mol. The van der Waals surface area contributed by atoms with Gasteiger partial charge in [-0.2, -0.15) is 0 Å². The summed E-state index contributed by atoms with van der Waals surface area (Å²) < 4.78 is 0. The molecule has 3 aromatic rings. The highest BCUT2D eigenvalue weighted by atomic mass is 14.4. The first-order valence-corrected chi connectivity index (χ1v) is 14.5. The second-order valence-electron chi connectivity index (χ2n) is 11.5. The average Bonchev–Trinajstić information content (AvgIpc) is 3.04. The molecule has 4 aliphatic carbocycles. The molecule has 7 rings (SSSR count). The van der Waals surface area contributed by atoms with E-state index in [-0.39, 0.29) is 0 Å². The molecule has 0 bridgehead atoms. The van der Waals surface area contributed by atoms with Crippen molar-refractivity contribution in [3.05, 3.63) is 143 Å². The van der Waals surface area contributed by atoms with Gasteiger partial charge in [0.25, 0.3) is 0 Å². The molecule has 2 heteroatoms. The highest BCUT2D eigenvalue weighted by Crippen LogP contribution is 2.50. The number of fused-ring (bicyclic) bond motifs is 5. The average molecular weight is 519 g/mol. The van der Waals surface area contributed by atoms with Crippen LogP contribution in [0.4, 0.5) is 0 Å². The summed E-state index contributed by atoms with van der Waals surface area (Å²) in [6.07, 6.45) is 29.7. The van der Waals surface area contributed by atoms with Gasteiger partial charge < -0.3 is 10.8 Å². The Bertz CT molecular complexity index is 1690. The lowest BCUT2D eigenvalue weighted by Crippen LogP contribution is -2.30. The van der Waals surface area contributed by atoms with E-state index < -0.39 is 0 Å². The molecule has 0 fully saturated rings. The maximum atomic E-state index is 7.68. The van der Waals surface area contributed by atoms with Crippen molar-refractivity contribution < 1.29 is 0 Å². The lowest BCUT2D eigenvalue weighted by atomic mass is 9.63. The van der Waals surface area contributed by atoms with Gasteiger partial charge in [0.1, 0.15) is 0 Å². The minimum Gasteiger partial charge on any atom is -0.308 e. The van der Waals surface area contributed by atoms with Gasteiger partial charge in [-0.05, 0) is 99.4 Å². The molecule has 0 saturated heterocycles. The zero-order valence-electron chi connectivity index (χ0n) is 22.7. The molecule has 4 aliphatic rings. The van der Waals surface area contributed by atoms with Crippen LogP contribution < -0.4 is 0 Å². The second-order valence-corrected chi connectivity index (χ2v) is 11.5. The smallest absolute Gasteiger partial charge is 0.0250 e. The minimum absolute atomic E-state index is 0.350. The molecule has 196 valence electrons. The fourth-order valence-electron chi connectivity index (χ4n) is 7.26. The first kappa shape index (κ1) is 24.7. The molecule has 4 atom stereocenters. The largest absolute Gasteiger partial charge is 0.308 e. The van der Waals surface area contributed by atoms with Gasteiger partial charge >= 0.3 is 0 Å². The number of hydrogen-bond acceptors (Lipinski definition) is 2. The molecule has 0 amide bonds. The number of rotatable bonds is 5. The lowest BCUT2D eigenvalue weighted by molar-refractivity contribution is 0.378. The zero-order chi connectivity index (χ0) is 27.1. The fourth-order valence-corrected chi connectivity index (χ4v) is 7.26. The molecule has 2 nitrogen and oxygen atoms in total. The number of allylic oxidation sites excluding steroid dienone is 12. The molecule has 0 aliphatic heterocycles. The third-order valence-electron chi connectivity index (χ3n) is 9.41. The third kappa shape index (κ3) is 4.29. The van der Waals surface area contributed by atoms with Crippen molar-refractivity contribution in [2.45, 2.75) is 37.5 Å². The number of benzene rings is 3. The van der Waals surface area contributed by atoms with Gasteiger partial charge in [-0.1, -0.05) is 103 Å². The Morgan fingerprint density at radius 3 is 2.35 bits per heavy atom. The summed E-state index contributed by atoms with van der Waals surface area (Å²) >= 11 is 0. The van der Waals surface area contributed by atoms with E-state index in [1.165, 1.54) is 56.6 Å². The Hall–Kier alpha value is -4.30. The Balaban J connectivity index is 1.42. The Kier molecular flexibility index (Phi) is 6.40. The summed E-state index contributed by atoms with van der Waals surface area (Å²) in [5, 5.41) is 18.1. The highest BCUT2D eigenvalue weighted by Gasteiger charge is 2.38. The van der Waals surface area contributed by atoms with Crippen LogP contribution in [0.15, 0.2) is 120 Å². The van der Waals surface area contributed by atoms with Crippen LogP contribution >= 0.6 is 0 Å². The van der Waals surface area contributed by atoms with Gasteiger partial charge in [0, 0.05) is 24.3 Å². The van der Waals surface area contributed by atoms with Crippen LogP contribution in [0.1, 0.15) is 53.4 Å². The summed E-state index contributed by atoms with van der Waals surface area (Å²) in [4.78, 5) is 0. The Morgan fingerprint density at radius 1 is 0.750 bits per heavy atom. The molecule has 0 spiro atoms. The summed E-state index contributed by atoms with van der Waals surface area (Å²) in [7, 11) is 0. The molecule has 4 unspecified atom stereocenters. The van der Waals surface area contributed by atoms with E-state index in [9.17, 15) is 0 Å². The van der Waals surface area contributed by atoms with E-state index in [1.54, 1.807) is 0 Å². The molecular formula is C38H34N2. The maximum Gasteiger partial charge on any atom is 0.0250 e. The van der Waals surface area contributed by atoms with Crippen molar-refractivity contribution in [1.82, 2.24) is 0 Å². The monoisotopic (exact) mass is 518 g/mol. The van der Waals surface area contributed by atoms with Gasteiger partial charge in [0.15, 0.2) is 0 Å². The van der Waals surface area contributed by atoms with Gasteiger partial charge in [-0.15, -0.1) is 0 Å². The Labute approximate surface area is 236 Å². The van der Waals surface area contributed by atoms with E-state index in [1.807, 2.05) is 0 Å². The standard InChI is InChI=1S/C38H34N2/c39-23-25-10-14-28(15-11-25)34-21-38-33-19-18-30(27-6-2-1-3-7-27)20-36(33)35(29-16-12-26(24-40)13-17-29)22-37(38)32-9-5-4-8-31(32)34/h1-6,8-10,12-14,16-20,22-24,27,31-32,34,39-40H,7,11,15,21H2. The van der Waals surface area contributed by atoms with Crippen LogP contribution in [0.3, 0.4) is 0 Å². The van der Waals surface area contributed by atoms with Crippen LogP contribution in [0.2, 0.25) is 0 Å². The van der Waals surface area contributed by atoms with Gasteiger partial charge in [0.2, 0.25) is 0 Å². The predicted octanol–water partition coefficient (Wildman–Crippen LogP) is 9.40. The topological polar surface area (TPSA) is 47.7 Å². The van der Waals surface area contributed by atoms with Gasteiger partial charge in [-0.3, -0.25) is 0 Å². The van der Waals surface area contributed by atoms with Crippen LogP contribution in [0.5, 0.6) is 0 Å². The minimum atomic E-state index is 0.350. The van der Waals surface area contributed by atoms with Crippen LogP contribution in [-0.4, -0.2) is 12.4 Å². The van der Waals surface area contributed by atoms with E-state index in [0.29, 0.717) is 23.7 Å². The third-order valence-corrected chi connectivity index (χ3v) is 9.41. The molecular weight excluding hydrogens is 484 g/mol. The maximum absolute atomic E-state index is 7.68. The number of hydrogen-bond donors (Lipinski definition) is 2. The zero-order valence-corrected chi connectivity index (χ0v) is 22.7. The van der Waals surface area contributed by atoms with Crippen LogP contribution in [0, 0.1) is 22.7 Å². The normalized spacial score (nSPS) is 24.7. The first-order chi connectivity index (χ1) is 19.7. The van der Waals surface area contributed by atoms with Gasteiger partial charge in [0.05, 0.1) is 0 Å². The molecule has 3 aromatic carbocycles. The lowest BCUT2D eigenvalue weighted by Gasteiger charge is -2.41.